The Morgan fingerprint density at radius 1 is 1.33 bits per heavy atom. The molecule has 3 rings (SSSR count). The minimum atomic E-state index is 0.134. The summed E-state index contributed by atoms with van der Waals surface area (Å²) in [5.41, 5.74) is 7.76. The number of rotatable bonds is 2. The number of nitrogens with zero attached hydrogens (tertiary/aromatic N) is 2. The van der Waals surface area contributed by atoms with Crippen LogP contribution in [0.3, 0.4) is 0 Å². The zero-order valence-corrected chi connectivity index (χ0v) is 11.4. The second kappa shape index (κ2) is 4.30. The molecule has 1 atom stereocenters. The third-order valence-electron chi connectivity index (χ3n) is 3.03. The molecule has 5 heteroatoms. The Bertz CT molecular complexity index is 688. The monoisotopic (exact) mass is 277 g/mol. The van der Waals surface area contributed by atoms with Crippen LogP contribution in [0.25, 0.3) is 11.0 Å². The van der Waals surface area contributed by atoms with Gasteiger partial charge in [0.1, 0.15) is 0 Å². The van der Waals surface area contributed by atoms with Crippen molar-refractivity contribution in [2.45, 2.75) is 13.0 Å². The second-order valence-electron chi connectivity index (χ2n) is 4.14. The molecule has 2 aromatic heterocycles. The zero-order valence-electron chi connectivity index (χ0n) is 9.80. The molecule has 0 saturated carbocycles. The topological polar surface area (TPSA) is 43.8 Å². The normalized spacial score (nSPS) is 13.0. The molecule has 0 saturated heterocycles. The lowest BCUT2D eigenvalue weighted by molar-refractivity contribution is 0.680. The highest BCUT2D eigenvalue weighted by molar-refractivity contribution is 7.10. The SMILES string of the molecule is CC(c1cccs1)n1c(N)nc2cccc(Cl)c21. The van der Waals surface area contributed by atoms with Crippen LogP contribution in [0.15, 0.2) is 35.7 Å². The van der Waals surface area contributed by atoms with Crippen LogP contribution < -0.4 is 5.73 Å². The fraction of sp³-hybridized carbons (Fsp3) is 0.154. The van der Waals surface area contributed by atoms with Crippen molar-refractivity contribution >= 4 is 39.9 Å². The summed E-state index contributed by atoms with van der Waals surface area (Å²) in [6.07, 6.45) is 0. The van der Waals surface area contributed by atoms with Crippen LogP contribution in [0.1, 0.15) is 17.8 Å². The summed E-state index contributed by atoms with van der Waals surface area (Å²) in [5.74, 6) is 0.499. The largest absolute Gasteiger partial charge is 0.369 e. The van der Waals surface area contributed by atoms with E-state index in [1.54, 1.807) is 11.3 Å². The van der Waals surface area contributed by atoms with Gasteiger partial charge in [0.2, 0.25) is 5.95 Å². The van der Waals surface area contributed by atoms with E-state index in [1.165, 1.54) is 4.88 Å². The van der Waals surface area contributed by atoms with Crippen molar-refractivity contribution in [2.24, 2.45) is 0 Å². The van der Waals surface area contributed by atoms with E-state index in [2.05, 4.69) is 23.4 Å². The Kier molecular flexibility index (Phi) is 2.76. The first-order valence-electron chi connectivity index (χ1n) is 5.64. The van der Waals surface area contributed by atoms with Gasteiger partial charge < -0.3 is 10.3 Å². The van der Waals surface area contributed by atoms with Crippen molar-refractivity contribution in [2.75, 3.05) is 5.73 Å². The van der Waals surface area contributed by atoms with Gasteiger partial charge in [0.15, 0.2) is 0 Å². The molecule has 92 valence electrons. The molecule has 2 heterocycles. The van der Waals surface area contributed by atoms with E-state index in [1.807, 2.05) is 28.8 Å². The van der Waals surface area contributed by atoms with Crippen LogP contribution in [-0.2, 0) is 0 Å². The van der Waals surface area contributed by atoms with Crippen molar-refractivity contribution in [1.29, 1.82) is 0 Å². The average Bonchev–Trinajstić information content (AvgIpc) is 2.95. The fourth-order valence-electron chi connectivity index (χ4n) is 2.17. The van der Waals surface area contributed by atoms with Gasteiger partial charge in [-0.3, -0.25) is 0 Å². The van der Waals surface area contributed by atoms with Gasteiger partial charge in [0.25, 0.3) is 0 Å². The van der Waals surface area contributed by atoms with Gasteiger partial charge >= 0.3 is 0 Å². The van der Waals surface area contributed by atoms with Crippen LogP contribution in [0.2, 0.25) is 5.02 Å². The molecule has 0 spiro atoms. The van der Waals surface area contributed by atoms with Gasteiger partial charge in [-0.05, 0) is 30.5 Å². The summed E-state index contributed by atoms with van der Waals surface area (Å²) >= 11 is 7.97. The fourth-order valence-corrected chi connectivity index (χ4v) is 3.21. The van der Waals surface area contributed by atoms with E-state index in [0.717, 1.165) is 11.0 Å². The third-order valence-corrected chi connectivity index (χ3v) is 4.38. The molecular weight excluding hydrogens is 266 g/mol. The lowest BCUT2D eigenvalue weighted by Gasteiger charge is -2.14. The van der Waals surface area contributed by atoms with E-state index in [0.29, 0.717) is 11.0 Å². The number of nitrogens with two attached hydrogens (primary N) is 1. The number of halogens is 1. The van der Waals surface area contributed by atoms with Crippen molar-refractivity contribution < 1.29 is 0 Å². The number of para-hydroxylation sites is 1. The van der Waals surface area contributed by atoms with Crippen LogP contribution in [0.4, 0.5) is 5.95 Å². The number of anilines is 1. The number of thiophene rings is 1. The highest BCUT2D eigenvalue weighted by Crippen LogP contribution is 2.32. The summed E-state index contributed by atoms with van der Waals surface area (Å²) in [4.78, 5) is 5.60. The number of fused-ring (bicyclic) bond motifs is 1. The molecule has 2 N–H and O–H groups in total. The van der Waals surface area contributed by atoms with Gasteiger partial charge in [0.05, 0.1) is 22.1 Å². The quantitative estimate of drug-likeness (QED) is 0.771. The van der Waals surface area contributed by atoms with Crippen molar-refractivity contribution in [3.63, 3.8) is 0 Å². The van der Waals surface area contributed by atoms with Gasteiger partial charge in [0, 0.05) is 4.88 Å². The van der Waals surface area contributed by atoms with E-state index >= 15 is 0 Å². The van der Waals surface area contributed by atoms with Crippen LogP contribution >= 0.6 is 22.9 Å². The van der Waals surface area contributed by atoms with Crippen LogP contribution in [-0.4, -0.2) is 9.55 Å². The predicted molar refractivity (Wildman–Crippen MR) is 77.3 cm³/mol. The van der Waals surface area contributed by atoms with E-state index < -0.39 is 0 Å². The number of benzene rings is 1. The summed E-state index contributed by atoms with van der Waals surface area (Å²) in [7, 11) is 0. The number of aromatic nitrogens is 2. The lowest BCUT2D eigenvalue weighted by atomic mass is 10.2. The Morgan fingerprint density at radius 3 is 2.89 bits per heavy atom. The Morgan fingerprint density at radius 2 is 2.17 bits per heavy atom. The van der Waals surface area contributed by atoms with Gasteiger partial charge in [-0.25, -0.2) is 4.98 Å². The smallest absolute Gasteiger partial charge is 0.201 e. The van der Waals surface area contributed by atoms with Gasteiger partial charge in [-0.2, -0.15) is 0 Å². The first-order chi connectivity index (χ1) is 8.68. The maximum absolute atomic E-state index is 6.27. The van der Waals surface area contributed by atoms with Gasteiger partial charge in [-0.1, -0.05) is 23.7 Å². The minimum Gasteiger partial charge on any atom is -0.369 e. The highest BCUT2D eigenvalue weighted by atomic mass is 35.5. The lowest BCUT2D eigenvalue weighted by Crippen LogP contribution is -2.09. The summed E-state index contributed by atoms with van der Waals surface area (Å²) in [6.45, 7) is 2.10. The number of nitrogen functional groups attached to an aromatic ring is 1. The second-order valence-corrected chi connectivity index (χ2v) is 5.53. The maximum Gasteiger partial charge on any atom is 0.201 e. The summed E-state index contributed by atoms with van der Waals surface area (Å²) in [6, 6.07) is 9.94. The summed E-state index contributed by atoms with van der Waals surface area (Å²) in [5, 5.41) is 2.74. The molecule has 3 aromatic rings. The van der Waals surface area contributed by atoms with E-state index in [-0.39, 0.29) is 6.04 Å². The van der Waals surface area contributed by atoms with E-state index in [9.17, 15) is 0 Å². The standard InChI is InChI=1S/C13H12ClN3S/c1-8(11-6-3-7-18-11)17-12-9(14)4-2-5-10(12)16-13(17)15/h2-8H,1H3,(H2,15,16). The first-order valence-corrected chi connectivity index (χ1v) is 6.89. The van der Waals surface area contributed by atoms with Crippen molar-refractivity contribution in [1.82, 2.24) is 9.55 Å². The molecule has 0 aliphatic carbocycles. The Balaban J connectivity index is 2.25. The molecule has 3 nitrogen and oxygen atoms in total. The van der Waals surface area contributed by atoms with Crippen molar-refractivity contribution in [3.8, 4) is 0 Å². The van der Waals surface area contributed by atoms with Crippen LogP contribution in [0, 0.1) is 0 Å². The third kappa shape index (κ3) is 1.69. The first kappa shape index (κ1) is 11.6. The number of hydrogen-bond acceptors (Lipinski definition) is 3. The summed E-state index contributed by atoms with van der Waals surface area (Å²) < 4.78 is 1.99. The van der Waals surface area contributed by atoms with Crippen LogP contribution in [0.5, 0.6) is 0 Å². The molecule has 1 unspecified atom stereocenters. The van der Waals surface area contributed by atoms with Crippen molar-refractivity contribution in [3.05, 3.63) is 45.6 Å². The molecule has 1 aromatic carbocycles. The molecule has 0 fully saturated rings. The minimum absolute atomic E-state index is 0.134. The predicted octanol–water partition coefficient (Wildman–Crippen LogP) is 3.94. The Hall–Kier alpha value is -1.52. The number of imidazole rings is 1. The Labute approximate surface area is 114 Å². The zero-order chi connectivity index (χ0) is 12.7. The number of hydrogen-bond donors (Lipinski definition) is 1. The maximum atomic E-state index is 6.27. The average molecular weight is 278 g/mol. The molecule has 0 aliphatic heterocycles. The molecule has 0 radical (unpaired) electrons. The molecule has 0 bridgehead atoms. The molecular formula is C13H12ClN3S. The molecule has 18 heavy (non-hydrogen) atoms. The van der Waals surface area contributed by atoms with Gasteiger partial charge in [-0.15, -0.1) is 11.3 Å². The van der Waals surface area contributed by atoms with E-state index in [4.69, 9.17) is 17.3 Å². The highest BCUT2D eigenvalue weighted by Gasteiger charge is 2.17. The molecule has 0 amide bonds. The molecule has 0 aliphatic rings.